The van der Waals surface area contributed by atoms with Crippen molar-refractivity contribution in [1.29, 1.82) is 10.5 Å². The molecule has 0 saturated heterocycles. The molecule has 0 fully saturated rings. The highest BCUT2D eigenvalue weighted by Crippen LogP contribution is 2.37. The van der Waals surface area contributed by atoms with E-state index in [9.17, 15) is 10.5 Å². The van der Waals surface area contributed by atoms with Crippen LogP contribution in [0, 0.1) is 26.2 Å². The third kappa shape index (κ3) is 3.06. The Kier molecular flexibility index (Phi) is 4.92. The molecule has 0 radical (unpaired) electrons. The SMILES string of the molecule is N#Cc1c(-c2ccccc2I)c(C#N)n2ccnc2c1NCc1cccnc1. The lowest BCUT2D eigenvalue weighted by molar-refractivity contribution is 1.09. The number of fused-ring (bicyclic) bond motifs is 1. The minimum atomic E-state index is 0.389. The Morgan fingerprint density at radius 2 is 1.93 bits per heavy atom. The number of hydrogen-bond donors (Lipinski definition) is 1. The Morgan fingerprint density at radius 3 is 2.64 bits per heavy atom. The highest BCUT2D eigenvalue weighted by atomic mass is 127. The van der Waals surface area contributed by atoms with Gasteiger partial charge < -0.3 is 5.32 Å². The predicted octanol–water partition coefficient (Wildman–Crippen LogP) is 4.36. The first kappa shape index (κ1) is 18.0. The Bertz CT molecular complexity index is 1250. The summed E-state index contributed by atoms with van der Waals surface area (Å²) in [5.41, 5.74) is 4.38. The number of nitrogens with zero attached hydrogens (tertiary/aromatic N) is 5. The first-order valence-corrected chi connectivity index (χ1v) is 9.53. The second-order valence-corrected chi connectivity index (χ2v) is 7.17. The van der Waals surface area contributed by atoms with Gasteiger partial charge in [0.2, 0.25) is 0 Å². The van der Waals surface area contributed by atoms with Gasteiger partial charge in [0.25, 0.3) is 0 Å². The van der Waals surface area contributed by atoms with Crippen LogP contribution in [0.3, 0.4) is 0 Å². The van der Waals surface area contributed by atoms with Crippen LogP contribution in [0.2, 0.25) is 0 Å². The highest BCUT2D eigenvalue weighted by Gasteiger charge is 2.23. The molecule has 0 spiro atoms. The molecule has 0 atom stereocenters. The van der Waals surface area contributed by atoms with Crippen LogP contribution < -0.4 is 5.32 Å². The summed E-state index contributed by atoms with van der Waals surface area (Å²) in [6, 6.07) is 16.1. The molecule has 6 nitrogen and oxygen atoms in total. The van der Waals surface area contributed by atoms with Crippen molar-refractivity contribution in [2.45, 2.75) is 6.54 Å². The van der Waals surface area contributed by atoms with E-state index in [0.717, 1.165) is 14.7 Å². The fourth-order valence-corrected chi connectivity index (χ4v) is 3.81. The van der Waals surface area contributed by atoms with Crippen LogP contribution >= 0.6 is 22.6 Å². The molecule has 0 unspecified atom stereocenters. The van der Waals surface area contributed by atoms with E-state index in [-0.39, 0.29) is 0 Å². The van der Waals surface area contributed by atoms with Crippen molar-refractivity contribution in [2.24, 2.45) is 0 Å². The summed E-state index contributed by atoms with van der Waals surface area (Å²) in [6.07, 6.45) is 6.86. The zero-order valence-electron chi connectivity index (χ0n) is 14.6. The maximum Gasteiger partial charge on any atom is 0.162 e. The number of hydrogen-bond acceptors (Lipinski definition) is 5. The zero-order valence-corrected chi connectivity index (χ0v) is 16.8. The zero-order chi connectivity index (χ0) is 19.5. The largest absolute Gasteiger partial charge is 0.377 e. The summed E-state index contributed by atoms with van der Waals surface area (Å²) < 4.78 is 2.69. The van der Waals surface area contributed by atoms with Gasteiger partial charge in [-0.3, -0.25) is 9.38 Å². The number of halogens is 1. The number of anilines is 1. The average molecular weight is 476 g/mol. The van der Waals surface area contributed by atoms with E-state index >= 15 is 0 Å². The third-order valence-corrected chi connectivity index (χ3v) is 5.34. The van der Waals surface area contributed by atoms with Crippen molar-refractivity contribution < 1.29 is 0 Å². The van der Waals surface area contributed by atoms with Crippen LogP contribution in [0.5, 0.6) is 0 Å². The number of rotatable bonds is 4. The highest BCUT2D eigenvalue weighted by molar-refractivity contribution is 14.1. The van der Waals surface area contributed by atoms with Gasteiger partial charge in [0.1, 0.15) is 17.8 Å². The molecule has 4 aromatic rings. The quantitative estimate of drug-likeness (QED) is 0.443. The van der Waals surface area contributed by atoms with Crippen LogP contribution in [0.25, 0.3) is 16.8 Å². The predicted molar refractivity (Wildman–Crippen MR) is 114 cm³/mol. The Labute approximate surface area is 175 Å². The monoisotopic (exact) mass is 476 g/mol. The molecule has 3 heterocycles. The fraction of sp³-hybridized carbons (Fsp3) is 0.0476. The van der Waals surface area contributed by atoms with Crippen molar-refractivity contribution in [1.82, 2.24) is 14.4 Å². The summed E-state index contributed by atoms with van der Waals surface area (Å²) >= 11 is 2.22. The van der Waals surface area contributed by atoms with Gasteiger partial charge in [-0.15, -0.1) is 0 Å². The fourth-order valence-electron chi connectivity index (χ4n) is 3.15. The molecule has 0 aliphatic rings. The molecule has 0 amide bonds. The van der Waals surface area contributed by atoms with E-state index < -0.39 is 0 Å². The lowest BCUT2D eigenvalue weighted by Gasteiger charge is -2.16. The number of aromatic nitrogens is 3. The summed E-state index contributed by atoms with van der Waals surface area (Å²) in [5, 5.41) is 23.2. The van der Waals surface area contributed by atoms with Gasteiger partial charge >= 0.3 is 0 Å². The van der Waals surface area contributed by atoms with Crippen molar-refractivity contribution >= 4 is 33.9 Å². The minimum absolute atomic E-state index is 0.389. The van der Waals surface area contributed by atoms with Gasteiger partial charge in [-0.2, -0.15) is 10.5 Å². The number of nitriles is 2. The lowest BCUT2D eigenvalue weighted by atomic mass is 9.97. The van der Waals surface area contributed by atoms with E-state index in [1.54, 1.807) is 29.2 Å². The second-order valence-electron chi connectivity index (χ2n) is 6.01. The Hall–Kier alpha value is -3.43. The molecular formula is C21H13IN6. The lowest BCUT2D eigenvalue weighted by Crippen LogP contribution is -2.08. The standard InChI is InChI=1S/C21H13IN6/c22-17-6-2-1-5-15(17)19-16(10-23)20(27-13-14-4-3-7-25-12-14)21-26-8-9-28(21)18(19)11-24/h1-9,12,27H,13H2. The van der Waals surface area contributed by atoms with E-state index in [4.69, 9.17) is 0 Å². The molecule has 28 heavy (non-hydrogen) atoms. The van der Waals surface area contributed by atoms with Gasteiger partial charge in [0.15, 0.2) is 5.65 Å². The van der Waals surface area contributed by atoms with Crippen LogP contribution in [-0.2, 0) is 6.54 Å². The Balaban J connectivity index is 1.97. The molecule has 0 bridgehead atoms. The molecule has 7 heteroatoms. The first-order chi connectivity index (χ1) is 13.7. The van der Waals surface area contributed by atoms with Crippen LogP contribution in [-0.4, -0.2) is 14.4 Å². The maximum absolute atomic E-state index is 10.0. The van der Waals surface area contributed by atoms with Crippen molar-refractivity contribution in [2.75, 3.05) is 5.32 Å². The summed E-state index contributed by atoms with van der Waals surface area (Å²) in [7, 11) is 0. The van der Waals surface area contributed by atoms with Crippen LogP contribution in [0.1, 0.15) is 16.8 Å². The number of nitrogens with one attached hydrogen (secondary N) is 1. The van der Waals surface area contributed by atoms with Gasteiger partial charge in [-0.05, 0) is 45.9 Å². The second kappa shape index (κ2) is 7.67. The molecule has 0 saturated carbocycles. The summed E-state index contributed by atoms with van der Waals surface area (Å²) in [5.74, 6) is 0. The molecular weight excluding hydrogens is 463 g/mol. The normalized spacial score (nSPS) is 10.4. The van der Waals surface area contributed by atoms with Crippen molar-refractivity contribution in [3.05, 3.63) is 81.6 Å². The molecule has 0 aliphatic heterocycles. The first-order valence-electron chi connectivity index (χ1n) is 8.45. The van der Waals surface area contributed by atoms with Gasteiger partial charge in [0.05, 0.1) is 11.3 Å². The molecule has 134 valence electrons. The third-order valence-electron chi connectivity index (χ3n) is 4.40. The average Bonchev–Trinajstić information content (AvgIpc) is 3.22. The summed E-state index contributed by atoms with van der Waals surface area (Å²) in [6.45, 7) is 0.488. The topological polar surface area (TPSA) is 89.8 Å². The number of pyridine rings is 2. The number of benzene rings is 1. The minimum Gasteiger partial charge on any atom is -0.377 e. The Morgan fingerprint density at radius 1 is 1.07 bits per heavy atom. The molecule has 4 rings (SSSR count). The summed E-state index contributed by atoms with van der Waals surface area (Å²) in [4.78, 5) is 8.51. The van der Waals surface area contributed by atoms with Gasteiger partial charge in [0, 0.05) is 40.5 Å². The van der Waals surface area contributed by atoms with Crippen LogP contribution in [0.15, 0.2) is 61.2 Å². The molecule has 1 N–H and O–H groups in total. The van der Waals surface area contributed by atoms with E-state index in [1.807, 2.05) is 36.4 Å². The van der Waals surface area contributed by atoms with Gasteiger partial charge in [-0.1, -0.05) is 24.3 Å². The number of imidazole rings is 1. The van der Waals surface area contributed by atoms with E-state index in [1.165, 1.54) is 0 Å². The smallest absolute Gasteiger partial charge is 0.162 e. The van der Waals surface area contributed by atoms with E-state index in [0.29, 0.717) is 34.7 Å². The van der Waals surface area contributed by atoms with Gasteiger partial charge in [-0.25, -0.2) is 4.98 Å². The van der Waals surface area contributed by atoms with Crippen molar-refractivity contribution in [3.63, 3.8) is 0 Å². The van der Waals surface area contributed by atoms with Crippen molar-refractivity contribution in [3.8, 4) is 23.3 Å². The maximum atomic E-state index is 10.0. The van der Waals surface area contributed by atoms with E-state index in [2.05, 4.69) is 50.0 Å². The van der Waals surface area contributed by atoms with Crippen LogP contribution in [0.4, 0.5) is 5.69 Å². The molecule has 0 aliphatic carbocycles. The molecule has 3 aromatic heterocycles. The molecule has 1 aromatic carbocycles.